The molecule has 0 aliphatic heterocycles. The van der Waals surface area contributed by atoms with Crippen LogP contribution in [-0.4, -0.2) is 28.7 Å². The lowest BCUT2D eigenvalue weighted by Gasteiger charge is -2.13. The van der Waals surface area contributed by atoms with Crippen molar-refractivity contribution in [1.29, 1.82) is 0 Å². The smallest absolute Gasteiger partial charge is 0.406 e. The van der Waals surface area contributed by atoms with Crippen molar-refractivity contribution in [3.05, 3.63) is 33.6 Å². The Labute approximate surface area is 125 Å². The van der Waals surface area contributed by atoms with Gasteiger partial charge in [0.15, 0.2) is 0 Å². The monoisotopic (exact) mass is 312 g/mol. The van der Waals surface area contributed by atoms with Crippen LogP contribution in [0.1, 0.15) is 0 Å². The second-order valence-electron chi connectivity index (χ2n) is 4.10. The van der Waals surface area contributed by atoms with Crippen LogP contribution in [0, 0.1) is 10.1 Å². The van der Waals surface area contributed by atoms with Gasteiger partial charge in [0.1, 0.15) is 11.5 Å². The van der Waals surface area contributed by atoms with Crippen LogP contribution in [0.5, 0.6) is 11.5 Å². The van der Waals surface area contributed by atoms with Crippen molar-refractivity contribution in [3.63, 3.8) is 0 Å². The summed E-state index contributed by atoms with van der Waals surface area (Å²) in [6, 6.07) is 3.16. The summed E-state index contributed by atoms with van der Waals surface area (Å²) in [4.78, 5) is 14.1. The molecule has 0 saturated carbocycles. The number of rotatable bonds is 5. The fourth-order valence-corrected chi connectivity index (χ4v) is 2.01. The van der Waals surface area contributed by atoms with E-state index in [2.05, 4.69) is 10.3 Å². The fourth-order valence-electron chi connectivity index (χ4n) is 1.78. The molecule has 0 fully saturated rings. The molecule has 0 saturated heterocycles. The zero-order valence-electron chi connectivity index (χ0n) is 11.6. The molecule has 2 rings (SSSR count). The number of nitrogens with zero attached hydrogens (tertiary/aromatic N) is 3. The summed E-state index contributed by atoms with van der Waals surface area (Å²) in [5.41, 5.74) is 0.477. The Kier molecular flexibility index (Phi) is 4.18. The van der Waals surface area contributed by atoms with E-state index in [0.717, 1.165) is 0 Å². The SMILES string of the molecule is COc1cc(Nc2c([N+](=O)[O-])ncn2C)c(OC)cc1Cl. The Morgan fingerprint density at radius 1 is 1.33 bits per heavy atom. The van der Waals surface area contributed by atoms with Gasteiger partial charge in [-0.25, -0.2) is 0 Å². The van der Waals surface area contributed by atoms with Crippen LogP contribution >= 0.6 is 11.6 Å². The molecule has 0 aliphatic rings. The van der Waals surface area contributed by atoms with E-state index in [4.69, 9.17) is 21.1 Å². The Bertz CT molecular complexity index is 686. The molecule has 0 bridgehead atoms. The Balaban J connectivity index is 2.48. The summed E-state index contributed by atoms with van der Waals surface area (Å²) < 4.78 is 11.8. The van der Waals surface area contributed by atoms with Gasteiger partial charge in [-0.05, 0) is 9.91 Å². The van der Waals surface area contributed by atoms with E-state index in [1.165, 1.54) is 25.1 Å². The van der Waals surface area contributed by atoms with Gasteiger partial charge in [0, 0.05) is 19.2 Å². The molecule has 0 radical (unpaired) electrons. The fraction of sp³-hybridized carbons (Fsp3) is 0.250. The molecule has 0 aliphatic carbocycles. The molecule has 21 heavy (non-hydrogen) atoms. The van der Waals surface area contributed by atoms with Gasteiger partial charge in [0.2, 0.25) is 12.1 Å². The minimum Gasteiger partial charge on any atom is -0.495 e. The largest absolute Gasteiger partial charge is 0.495 e. The highest BCUT2D eigenvalue weighted by atomic mass is 35.5. The molecule has 0 atom stereocenters. The van der Waals surface area contributed by atoms with E-state index in [1.54, 1.807) is 19.2 Å². The van der Waals surface area contributed by atoms with Crippen LogP contribution < -0.4 is 14.8 Å². The summed E-state index contributed by atoms with van der Waals surface area (Å²) >= 11 is 6.02. The number of aromatic nitrogens is 2. The molecule has 1 N–H and O–H groups in total. The maximum absolute atomic E-state index is 11.0. The molecule has 1 aromatic carbocycles. The lowest BCUT2D eigenvalue weighted by molar-refractivity contribution is -0.388. The molecule has 8 nitrogen and oxygen atoms in total. The van der Waals surface area contributed by atoms with E-state index in [1.807, 2.05) is 0 Å². The molecule has 1 aromatic heterocycles. The lowest BCUT2D eigenvalue weighted by Crippen LogP contribution is -2.02. The van der Waals surface area contributed by atoms with Crippen LogP contribution in [0.3, 0.4) is 0 Å². The number of hydrogen-bond acceptors (Lipinski definition) is 6. The predicted octanol–water partition coefficient (Wildman–Crippen LogP) is 2.74. The maximum atomic E-state index is 11.0. The standard InChI is InChI=1S/C12H13ClN4O4/c1-16-6-14-11(17(18)19)12(16)15-8-5-9(20-2)7(13)4-10(8)21-3/h4-6,15H,1-3H3. The number of anilines is 2. The topological polar surface area (TPSA) is 91.5 Å². The van der Waals surface area contributed by atoms with Crippen LogP contribution in [0.4, 0.5) is 17.3 Å². The third-order valence-electron chi connectivity index (χ3n) is 2.82. The molecule has 1 heterocycles. The zero-order valence-corrected chi connectivity index (χ0v) is 12.3. The van der Waals surface area contributed by atoms with E-state index in [0.29, 0.717) is 22.2 Å². The van der Waals surface area contributed by atoms with E-state index < -0.39 is 4.92 Å². The quantitative estimate of drug-likeness (QED) is 0.674. The molecule has 0 amide bonds. The summed E-state index contributed by atoms with van der Waals surface area (Å²) in [5.74, 6) is 0.789. The molecular weight excluding hydrogens is 300 g/mol. The Hall–Kier alpha value is -2.48. The number of nitro groups is 1. The average molecular weight is 313 g/mol. The number of imidazole rings is 1. The van der Waals surface area contributed by atoms with Gasteiger partial charge in [-0.2, -0.15) is 0 Å². The minimum absolute atomic E-state index is 0.225. The van der Waals surface area contributed by atoms with Gasteiger partial charge < -0.3 is 24.9 Å². The number of methoxy groups -OCH3 is 2. The molecule has 0 unspecified atom stereocenters. The van der Waals surface area contributed by atoms with Gasteiger partial charge in [0.25, 0.3) is 0 Å². The van der Waals surface area contributed by atoms with Crippen molar-refractivity contribution in [3.8, 4) is 11.5 Å². The maximum Gasteiger partial charge on any atom is 0.406 e. The average Bonchev–Trinajstić information content (AvgIpc) is 2.81. The summed E-state index contributed by atoms with van der Waals surface area (Å²) in [5, 5.41) is 14.3. The highest BCUT2D eigenvalue weighted by Gasteiger charge is 2.22. The van der Waals surface area contributed by atoms with Crippen molar-refractivity contribution < 1.29 is 14.4 Å². The number of halogens is 1. The Morgan fingerprint density at radius 2 is 2.00 bits per heavy atom. The first-order valence-corrected chi connectivity index (χ1v) is 6.20. The lowest BCUT2D eigenvalue weighted by atomic mass is 10.2. The van der Waals surface area contributed by atoms with Gasteiger partial charge >= 0.3 is 5.82 Å². The zero-order chi connectivity index (χ0) is 15.6. The van der Waals surface area contributed by atoms with Crippen molar-refractivity contribution in [2.24, 2.45) is 7.05 Å². The van der Waals surface area contributed by atoms with E-state index >= 15 is 0 Å². The van der Waals surface area contributed by atoms with Crippen LogP contribution in [0.25, 0.3) is 0 Å². The first kappa shape index (κ1) is 14.9. The summed E-state index contributed by atoms with van der Waals surface area (Å²) in [6.45, 7) is 0. The summed E-state index contributed by atoms with van der Waals surface area (Å²) in [7, 11) is 4.59. The van der Waals surface area contributed by atoms with Crippen LogP contribution in [0.2, 0.25) is 5.02 Å². The third kappa shape index (κ3) is 2.84. The van der Waals surface area contributed by atoms with Crippen LogP contribution in [-0.2, 0) is 7.05 Å². The minimum atomic E-state index is -0.567. The van der Waals surface area contributed by atoms with Gasteiger partial charge in [0.05, 0.1) is 24.9 Å². The highest BCUT2D eigenvalue weighted by Crippen LogP contribution is 2.38. The predicted molar refractivity (Wildman–Crippen MR) is 77.7 cm³/mol. The number of aryl methyl sites for hydroxylation is 1. The second kappa shape index (κ2) is 5.88. The van der Waals surface area contributed by atoms with Crippen molar-refractivity contribution in [2.45, 2.75) is 0 Å². The summed E-state index contributed by atoms with van der Waals surface area (Å²) in [6.07, 6.45) is 1.35. The van der Waals surface area contributed by atoms with Crippen molar-refractivity contribution in [1.82, 2.24) is 9.55 Å². The first-order valence-electron chi connectivity index (χ1n) is 5.82. The number of hydrogen-bond donors (Lipinski definition) is 1. The van der Waals surface area contributed by atoms with E-state index in [-0.39, 0.29) is 11.6 Å². The second-order valence-corrected chi connectivity index (χ2v) is 4.50. The number of benzene rings is 1. The van der Waals surface area contributed by atoms with Gasteiger partial charge in [-0.1, -0.05) is 11.6 Å². The number of nitrogens with one attached hydrogen (secondary N) is 1. The molecule has 2 aromatic rings. The Morgan fingerprint density at radius 3 is 2.57 bits per heavy atom. The van der Waals surface area contributed by atoms with Gasteiger partial charge in [-0.3, -0.25) is 4.57 Å². The van der Waals surface area contributed by atoms with Crippen LogP contribution in [0.15, 0.2) is 18.5 Å². The molecule has 9 heteroatoms. The first-order chi connectivity index (χ1) is 9.97. The van der Waals surface area contributed by atoms with Crippen molar-refractivity contribution >= 4 is 28.9 Å². The van der Waals surface area contributed by atoms with Crippen molar-refractivity contribution in [2.75, 3.05) is 19.5 Å². The third-order valence-corrected chi connectivity index (χ3v) is 3.11. The van der Waals surface area contributed by atoms with Gasteiger partial charge in [-0.15, -0.1) is 0 Å². The number of ether oxygens (including phenoxy) is 2. The molecular formula is C12H13ClN4O4. The molecule has 0 spiro atoms. The normalized spacial score (nSPS) is 10.3. The highest BCUT2D eigenvalue weighted by molar-refractivity contribution is 6.32. The molecule has 112 valence electrons. The van der Waals surface area contributed by atoms with E-state index in [9.17, 15) is 10.1 Å².